The summed E-state index contributed by atoms with van der Waals surface area (Å²) in [6, 6.07) is 4.88. The van der Waals surface area contributed by atoms with Gasteiger partial charge in [-0.1, -0.05) is 13.0 Å². The van der Waals surface area contributed by atoms with Gasteiger partial charge in [-0.15, -0.1) is 0 Å². The maximum atomic E-state index is 12.3. The first-order chi connectivity index (χ1) is 10.0. The van der Waals surface area contributed by atoms with Gasteiger partial charge in [0.05, 0.1) is 5.69 Å². The Bertz CT molecular complexity index is 699. The molecule has 0 saturated carbocycles. The molecule has 2 aromatic rings. The van der Waals surface area contributed by atoms with Crippen LogP contribution in [0.5, 0.6) is 0 Å². The Labute approximate surface area is 124 Å². The molecule has 0 aliphatic heterocycles. The summed E-state index contributed by atoms with van der Waals surface area (Å²) in [6.07, 6.45) is 4.71. The second-order valence-electron chi connectivity index (χ2n) is 4.58. The van der Waals surface area contributed by atoms with Gasteiger partial charge in [-0.2, -0.15) is 8.42 Å². The third kappa shape index (κ3) is 3.99. The molecule has 2 N–H and O–H groups in total. The van der Waals surface area contributed by atoms with Crippen LogP contribution in [-0.4, -0.2) is 24.9 Å². The van der Waals surface area contributed by atoms with Gasteiger partial charge in [0, 0.05) is 25.1 Å². The second-order valence-corrected chi connectivity index (χ2v) is 6.21. The minimum atomic E-state index is -3.68. The number of pyridine rings is 2. The molecule has 21 heavy (non-hydrogen) atoms. The molecule has 6 nitrogen and oxygen atoms in total. The normalized spacial score (nSPS) is 11.3. The Hall–Kier alpha value is -1.99. The zero-order valence-corrected chi connectivity index (χ0v) is 12.8. The second kappa shape index (κ2) is 6.64. The fourth-order valence-electron chi connectivity index (χ4n) is 1.73. The van der Waals surface area contributed by atoms with Crippen LogP contribution in [-0.2, 0) is 16.6 Å². The lowest BCUT2D eigenvalue weighted by Gasteiger charge is -2.10. The van der Waals surface area contributed by atoms with Crippen molar-refractivity contribution in [3.05, 3.63) is 47.9 Å². The van der Waals surface area contributed by atoms with E-state index in [1.54, 1.807) is 31.5 Å². The molecule has 2 aromatic heterocycles. The van der Waals surface area contributed by atoms with Crippen LogP contribution in [0.4, 0.5) is 5.69 Å². The minimum Gasteiger partial charge on any atom is -0.313 e. The van der Waals surface area contributed by atoms with Crippen molar-refractivity contribution < 1.29 is 8.42 Å². The zero-order chi connectivity index (χ0) is 15.3. The van der Waals surface area contributed by atoms with Crippen LogP contribution < -0.4 is 10.0 Å². The molecule has 0 aromatic carbocycles. The largest absolute Gasteiger partial charge is 0.313 e. The van der Waals surface area contributed by atoms with Gasteiger partial charge in [-0.3, -0.25) is 9.71 Å². The highest BCUT2D eigenvalue weighted by Gasteiger charge is 2.16. The lowest BCUT2D eigenvalue weighted by molar-refractivity contribution is 0.597. The van der Waals surface area contributed by atoms with Crippen LogP contribution in [0.15, 0.2) is 41.8 Å². The predicted octanol–water partition coefficient (Wildman–Crippen LogP) is 1.70. The molecule has 0 aliphatic rings. The molecular formula is C14H18N4O2S. The number of nitrogens with one attached hydrogen (secondary N) is 2. The van der Waals surface area contributed by atoms with Gasteiger partial charge in [0.1, 0.15) is 0 Å². The first-order valence-electron chi connectivity index (χ1n) is 6.62. The topological polar surface area (TPSA) is 84.0 Å². The predicted molar refractivity (Wildman–Crippen MR) is 81.4 cm³/mol. The van der Waals surface area contributed by atoms with Gasteiger partial charge < -0.3 is 5.32 Å². The van der Waals surface area contributed by atoms with Crippen molar-refractivity contribution in [2.24, 2.45) is 0 Å². The molecule has 7 heteroatoms. The summed E-state index contributed by atoms with van der Waals surface area (Å²) >= 11 is 0. The molecule has 0 fully saturated rings. The monoisotopic (exact) mass is 306 g/mol. The van der Waals surface area contributed by atoms with Crippen LogP contribution in [0, 0.1) is 6.92 Å². The van der Waals surface area contributed by atoms with E-state index in [9.17, 15) is 8.42 Å². The maximum Gasteiger partial charge on any atom is 0.279 e. The van der Waals surface area contributed by atoms with Gasteiger partial charge in [0.2, 0.25) is 0 Å². The molecule has 0 unspecified atom stereocenters. The Balaban J connectivity index is 2.18. The number of hydrogen-bond acceptors (Lipinski definition) is 5. The van der Waals surface area contributed by atoms with E-state index in [-0.39, 0.29) is 5.03 Å². The molecule has 0 spiro atoms. The molecule has 0 atom stereocenters. The molecule has 0 radical (unpaired) electrons. The SMILES string of the molecule is CCNCc1ccc(S(=O)(=O)Nc2ccncc2C)nc1. The van der Waals surface area contributed by atoms with Gasteiger partial charge in [-0.25, -0.2) is 4.98 Å². The highest BCUT2D eigenvalue weighted by atomic mass is 32.2. The molecule has 112 valence electrons. The Morgan fingerprint density at radius 2 is 2.00 bits per heavy atom. The van der Waals surface area contributed by atoms with Crippen LogP contribution in [0.2, 0.25) is 0 Å². The van der Waals surface area contributed by atoms with Gasteiger partial charge in [0.25, 0.3) is 10.0 Å². The summed E-state index contributed by atoms with van der Waals surface area (Å²) in [5.41, 5.74) is 2.20. The number of nitrogens with zero attached hydrogens (tertiary/aromatic N) is 2. The lowest BCUT2D eigenvalue weighted by atomic mass is 10.3. The summed E-state index contributed by atoms with van der Waals surface area (Å²) in [5, 5.41) is 3.16. The van der Waals surface area contributed by atoms with Crippen molar-refractivity contribution >= 4 is 15.7 Å². The average molecular weight is 306 g/mol. The summed E-state index contributed by atoms with van der Waals surface area (Å²) in [6.45, 7) is 5.31. The van der Waals surface area contributed by atoms with E-state index in [0.29, 0.717) is 12.2 Å². The van der Waals surface area contributed by atoms with E-state index >= 15 is 0 Å². The van der Waals surface area contributed by atoms with Crippen LogP contribution in [0.25, 0.3) is 0 Å². The Morgan fingerprint density at radius 3 is 2.62 bits per heavy atom. The van der Waals surface area contributed by atoms with E-state index in [4.69, 9.17) is 0 Å². The Kier molecular flexibility index (Phi) is 4.87. The van der Waals surface area contributed by atoms with E-state index in [2.05, 4.69) is 20.0 Å². The van der Waals surface area contributed by atoms with Crippen LogP contribution >= 0.6 is 0 Å². The minimum absolute atomic E-state index is 0.000962. The molecule has 0 amide bonds. The molecule has 0 aliphatic carbocycles. The number of aryl methyl sites for hydroxylation is 1. The molecule has 0 bridgehead atoms. The third-order valence-corrected chi connectivity index (χ3v) is 4.20. The number of anilines is 1. The van der Waals surface area contributed by atoms with Gasteiger partial charge >= 0.3 is 0 Å². The molecule has 2 heterocycles. The molecule has 0 saturated heterocycles. The fourth-order valence-corrected chi connectivity index (χ4v) is 2.79. The van der Waals surface area contributed by atoms with Crippen LogP contribution in [0.1, 0.15) is 18.1 Å². The van der Waals surface area contributed by atoms with Crippen molar-refractivity contribution in [3.63, 3.8) is 0 Å². The number of aromatic nitrogens is 2. The van der Waals surface area contributed by atoms with Gasteiger partial charge in [-0.05, 0) is 36.7 Å². The van der Waals surface area contributed by atoms with E-state index in [0.717, 1.165) is 17.7 Å². The number of sulfonamides is 1. The van der Waals surface area contributed by atoms with Crippen LogP contribution in [0.3, 0.4) is 0 Å². The summed E-state index contributed by atoms with van der Waals surface area (Å²) < 4.78 is 27.1. The highest BCUT2D eigenvalue weighted by molar-refractivity contribution is 7.92. The van der Waals surface area contributed by atoms with E-state index < -0.39 is 10.0 Å². The number of rotatable bonds is 6. The summed E-state index contributed by atoms with van der Waals surface area (Å²) in [7, 11) is -3.68. The quantitative estimate of drug-likeness (QED) is 0.848. The molecule has 2 rings (SSSR count). The smallest absolute Gasteiger partial charge is 0.279 e. The van der Waals surface area contributed by atoms with Crippen molar-refractivity contribution in [2.45, 2.75) is 25.4 Å². The van der Waals surface area contributed by atoms with Crippen molar-refractivity contribution in [1.82, 2.24) is 15.3 Å². The third-order valence-electron chi connectivity index (χ3n) is 2.92. The average Bonchev–Trinajstić information content (AvgIpc) is 2.48. The summed E-state index contributed by atoms with van der Waals surface area (Å²) in [5.74, 6) is 0. The molecular weight excluding hydrogens is 288 g/mol. The summed E-state index contributed by atoms with van der Waals surface area (Å²) in [4.78, 5) is 7.95. The zero-order valence-electron chi connectivity index (χ0n) is 12.0. The van der Waals surface area contributed by atoms with Crippen molar-refractivity contribution in [1.29, 1.82) is 0 Å². The van der Waals surface area contributed by atoms with E-state index in [1.807, 2.05) is 6.92 Å². The first kappa shape index (κ1) is 15.4. The standard InChI is InChI=1S/C14H18N4O2S/c1-3-15-9-12-4-5-14(17-10-12)21(19,20)18-13-6-7-16-8-11(13)2/h4-8,10,15H,3,9H2,1-2H3,(H,16,18). The van der Waals surface area contributed by atoms with Gasteiger partial charge in [0.15, 0.2) is 5.03 Å². The Morgan fingerprint density at radius 1 is 1.19 bits per heavy atom. The lowest BCUT2D eigenvalue weighted by Crippen LogP contribution is -2.16. The fraction of sp³-hybridized carbons (Fsp3) is 0.286. The number of hydrogen-bond donors (Lipinski definition) is 2. The van der Waals surface area contributed by atoms with Crippen molar-refractivity contribution in [3.8, 4) is 0 Å². The van der Waals surface area contributed by atoms with Crippen molar-refractivity contribution in [2.75, 3.05) is 11.3 Å². The maximum absolute atomic E-state index is 12.3. The highest BCUT2D eigenvalue weighted by Crippen LogP contribution is 2.17. The first-order valence-corrected chi connectivity index (χ1v) is 8.10. The van der Waals surface area contributed by atoms with E-state index in [1.165, 1.54) is 12.3 Å².